The number of amides is 1. The zero-order valence-corrected chi connectivity index (χ0v) is 14.1. The molecule has 0 aliphatic carbocycles. The Hall–Kier alpha value is -1.55. The first kappa shape index (κ1) is 17.5. The quantitative estimate of drug-likeness (QED) is 0.799. The van der Waals surface area contributed by atoms with Gasteiger partial charge in [0.15, 0.2) is 0 Å². The number of nitrogens with one attached hydrogen (secondary N) is 1. The predicted molar refractivity (Wildman–Crippen MR) is 89.8 cm³/mol. The third-order valence-electron chi connectivity index (χ3n) is 3.58. The van der Waals surface area contributed by atoms with Crippen molar-refractivity contribution < 1.29 is 4.79 Å². The lowest BCUT2D eigenvalue weighted by Gasteiger charge is -2.26. The third-order valence-corrected chi connectivity index (χ3v) is 3.58. The molecule has 0 aliphatic rings. The molecule has 0 fully saturated rings. The summed E-state index contributed by atoms with van der Waals surface area (Å²) in [6.07, 6.45) is 1.03. The van der Waals surface area contributed by atoms with Gasteiger partial charge in [0, 0.05) is 32.9 Å². The van der Waals surface area contributed by atoms with Crippen molar-refractivity contribution in [1.82, 2.24) is 10.2 Å². The topological polar surface area (TPSA) is 35.6 Å². The second kappa shape index (κ2) is 8.67. The minimum atomic E-state index is 0.137. The second-order valence-corrected chi connectivity index (χ2v) is 5.60. The van der Waals surface area contributed by atoms with E-state index in [2.05, 4.69) is 49.2 Å². The van der Waals surface area contributed by atoms with Gasteiger partial charge in [-0.25, -0.2) is 0 Å². The van der Waals surface area contributed by atoms with Gasteiger partial charge in [0.2, 0.25) is 5.91 Å². The first-order chi connectivity index (χ1) is 9.99. The lowest BCUT2D eigenvalue weighted by Crippen LogP contribution is -2.37. The molecule has 0 bridgehead atoms. The maximum absolute atomic E-state index is 12.0. The fourth-order valence-electron chi connectivity index (χ4n) is 2.21. The molecule has 1 aromatic rings. The Bertz CT molecular complexity index is 457. The van der Waals surface area contributed by atoms with Crippen LogP contribution in [0, 0.1) is 6.92 Å². The molecule has 118 valence electrons. The number of carbonyl (C=O) groups excluding carboxylic acids is 1. The number of nitrogens with zero attached hydrogens (tertiary/aromatic N) is 2. The van der Waals surface area contributed by atoms with Crippen molar-refractivity contribution in [2.75, 3.05) is 38.6 Å². The Morgan fingerprint density at radius 1 is 1.24 bits per heavy atom. The van der Waals surface area contributed by atoms with E-state index in [4.69, 9.17) is 0 Å². The summed E-state index contributed by atoms with van der Waals surface area (Å²) in [7, 11) is 3.61. The highest BCUT2D eigenvalue weighted by atomic mass is 16.2. The smallest absolute Gasteiger partial charge is 0.241 e. The van der Waals surface area contributed by atoms with E-state index in [9.17, 15) is 4.79 Å². The molecular weight excluding hydrogens is 262 g/mol. The summed E-state index contributed by atoms with van der Waals surface area (Å²) in [5.41, 5.74) is 3.72. The number of hydrogen-bond acceptors (Lipinski definition) is 3. The molecule has 4 nitrogen and oxygen atoms in total. The Morgan fingerprint density at radius 3 is 2.48 bits per heavy atom. The SMILES string of the molecule is CCCN(CC(=O)N(C)C)c1ccc(CNCC)c(C)c1. The molecule has 0 radical (unpaired) electrons. The molecule has 1 aromatic carbocycles. The summed E-state index contributed by atoms with van der Waals surface area (Å²) in [6.45, 7) is 9.58. The number of rotatable bonds is 8. The van der Waals surface area contributed by atoms with Gasteiger partial charge >= 0.3 is 0 Å². The summed E-state index contributed by atoms with van der Waals surface area (Å²) in [6, 6.07) is 6.47. The Kier molecular flexibility index (Phi) is 7.23. The molecule has 0 unspecified atom stereocenters. The van der Waals surface area contributed by atoms with Crippen LogP contribution in [0.2, 0.25) is 0 Å². The molecule has 1 N–H and O–H groups in total. The van der Waals surface area contributed by atoms with Crippen LogP contribution in [0.25, 0.3) is 0 Å². The van der Waals surface area contributed by atoms with Crippen LogP contribution >= 0.6 is 0 Å². The first-order valence-corrected chi connectivity index (χ1v) is 7.74. The van der Waals surface area contributed by atoms with Gasteiger partial charge in [0.05, 0.1) is 6.54 Å². The third kappa shape index (κ3) is 5.38. The van der Waals surface area contributed by atoms with Crippen molar-refractivity contribution in [1.29, 1.82) is 0 Å². The largest absolute Gasteiger partial charge is 0.362 e. The lowest BCUT2D eigenvalue weighted by molar-refractivity contribution is -0.127. The molecule has 1 amide bonds. The monoisotopic (exact) mass is 291 g/mol. The molecular formula is C17H29N3O. The van der Waals surface area contributed by atoms with Crippen LogP contribution in [-0.2, 0) is 11.3 Å². The molecule has 0 heterocycles. The molecule has 0 saturated carbocycles. The zero-order valence-electron chi connectivity index (χ0n) is 14.1. The van der Waals surface area contributed by atoms with Crippen molar-refractivity contribution in [2.45, 2.75) is 33.7 Å². The zero-order chi connectivity index (χ0) is 15.8. The molecule has 21 heavy (non-hydrogen) atoms. The molecule has 0 saturated heterocycles. The highest BCUT2D eigenvalue weighted by molar-refractivity contribution is 5.81. The van der Waals surface area contributed by atoms with Gasteiger partial charge in [-0.05, 0) is 43.1 Å². The van der Waals surface area contributed by atoms with Crippen LogP contribution in [-0.4, -0.2) is 44.5 Å². The average Bonchev–Trinajstić information content (AvgIpc) is 2.45. The van der Waals surface area contributed by atoms with Gasteiger partial charge in [-0.1, -0.05) is 19.9 Å². The summed E-state index contributed by atoms with van der Waals surface area (Å²) in [5, 5.41) is 3.35. The van der Waals surface area contributed by atoms with Crippen LogP contribution in [0.1, 0.15) is 31.4 Å². The lowest BCUT2D eigenvalue weighted by atomic mass is 10.1. The Balaban J connectivity index is 2.87. The second-order valence-electron chi connectivity index (χ2n) is 5.60. The molecule has 0 spiro atoms. The number of carbonyl (C=O) groups is 1. The van der Waals surface area contributed by atoms with Crippen LogP contribution < -0.4 is 10.2 Å². The molecule has 4 heteroatoms. The molecule has 0 atom stereocenters. The first-order valence-electron chi connectivity index (χ1n) is 7.74. The van der Waals surface area contributed by atoms with E-state index in [0.29, 0.717) is 6.54 Å². The minimum Gasteiger partial charge on any atom is -0.362 e. The van der Waals surface area contributed by atoms with Crippen LogP contribution in [0.15, 0.2) is 18.2 Å². The van der Waals surface area contributed by atoms with Gasteiger partial charge in [-0.3, -0.25) is 4.79 Å². The van der Waals surface area contributed by atoms with Crippen molar-refractivity contribution in [3.05, 3.63) is 29.3 Å². The van der Waals surface area contributed by atoms with Crippen molar-refractivity contribution >= 4 is 11.6 Å². The number of anilines is 1. The summed E-state index contributed by atoms with van der Waals surface area (Å²) < 4.78 is 0. The molecule has 0 aromatic heterocycles. The maximum Gasteiger partial charge on any atom is 0.241 e. The van der Waals surface area contributed by atoms with Crippen LogP contribution in [0.5, 0.6) is 0 Å². The standard InChI is InChI=1S/C17H29N3O/c1-6-10-20(13-17(21)19(4)5)16-9-8-15(12-18-7-2)14(3)11-16/h8-9,11,18H,6-7,10,12-13H2,1-5H3. The van der Waals surface area contributed by atoms with Crippen LogP contribution in [0.3, 0.4) is 0 Å². The fraction of sp³-hybridized carbons (Fsp3) is 0.588. The van der Waals surface area contributed by atoms with Crippen molar-refractivity contribution in [3.8, 4) is 0 Å². The molecule has 0 aliphatic heterocycles. The van der Waals surface area contributed by atoms with E-state index in [-0.39, 0.29) is 5.91 Å². The number of likely N-dealkylation sites (N-methyl/N-ethyl adjacent to an activating group) is 1. The number of benzene rings is 1. The summed E-state index contributed by atoms with van der Waals surface area (Å²) >= 11 is 0. The van der Waals surface area contributed by atoms with E-state index in [1.807, 2.05) is 0 Å². The van der Waals surface area contributed by atoms with Gasteiger partial charge in [0.1, 0.15) is 0 Å². The Labute approximate surface area is 129 Å². The number of hydrogen-bond donors (Lipinski definition) is 1. The van der Waals surface area contributed by atoms with Gasteiger partial charge in [0.25, 0.3) is 0 Å². The van der Waals surface area contributed by atoms with E-state index >= 15 is 0 Å². The summed E-state index contributed by atoms with van der Waals surface area (Å²) in [4.78, 5) is 15.8. The van der Waals surface area contributed by atoms with E-state index in [0.717, 1.165) is 31.7 Å². The normalized spacial score (nSPS) is 10.5. The maximum atomic E-state index is 12.0. The van der Waals surface area contributed by atoms with E-state index in [1.54, 1.807) is 19.0 Å². The summed E-state index contributed by atoms with van der Waals surface area (Å²) in [5.74, 6) is 0.137. The average molecular weight is 291 g/mol. The Morgan fingerprint density at radius 2 is 1.95 bits per heavy atom. The van der Waals surface area contributed by atoms with Gasteiger partial charge in [-0.15, -0.1) is 0 Å². The minimum absolute atomic E-state index is 0.137. The van der Waals surface area contributed by atoms with Gasteiger partial charge in [-0.2, -0.15) is 0 Å². The van der Waals surface area contributed by atoms with Crippen LogP contribution in [0.4, 0.5) is 5.69 Å². The van der Waals surface area contributed by atoms with E-state index in [1.165, 1.54) is 11.1 Å². The fourth-order valence-corrected chi connectivity index (χ4v) is 2.21. The predicted octanol–water partition coefficient (Wildman–Crippen LogP) is 2.41. The van der Waals surface area contributed by atoms with Crippen molar-refractivity contribution in [3.63, 3.8) is 0 Å². The number of aryl methyl sites for hydroxylation is 1. The highest BCUT2D eigenvalue weighted by Crippen LogP contribution is 2.20. The molecule has 1 rings (SSSR count). The van der Waals surface area contributed by atoms with E-state index < -0.39 is 0 Å². The van der Waals surface area contributed by atoms with Crippen molar-refractivity contribution in [2.24, 2.45) is 0 Å². The van der Waals surface area contributed by atoms with Gasteiger partial charge < -0.3 is 15.1 Å². The highest BCUT2D eigenvalue weighted by Gasteiger charge is 2.13.